The quantitative estimate of drug-likeness (QED) is 0.659. The molecule has 0 aliphatic rings. The van der Waals surface area contributed by atoms with E-state index in [4.69, 9.17) is 0 Å². The van der Waals surface area contributed by atoms with Gasteiger partial charge in [-0.3, -0.25) is 4.79 Å². The summed E-state index contributed by atoms with van der Waals surface area (Å²) in [6.45, 7) is 3.05. The zero-order valence-electron chi connectivity index (χ0n) is 8.57. The molecule has 0 radical (unpaired) electrons. The van der Waals surface area contributed by atoms with Gasteiger partial charge in [-0.2, -0.15) is 0 Å². The van der Waals surface area contributed by atoms with Crippen LogP contribution in [0.2, 0.25) is 0 Å². The lowest BCUT2D eigenvalue weighted by Crippen LogP contribution is -2.31. The van der Waals surface area contributed by atoms with E-state index >= 15 is 0 Å². The van der Waals surface area contributed by atoms with Gasteiger partial charge in [0, 0.05) is 12.1 Å². The zero-order chi connectivity index (χ0) is 12.5. The van der Waals surface area contributed by atoms with E-state index in [1.807, 2.05) is 0 Å². The van der Waals surface area contributed by atoms with Gasteiger partial charge in [0.25, 0.3) is 0 Å². The minimum absolute atomic E-state index is 0.407. The maximum Gasteiger partial charge on any atom is 0.240 e. The van der Waals surface area contributed by atoms with Gasteiger partial charge < -0.3 is 5.32 Å². The van der Waals surface area contributed by atoms with Crippen LogP contribution in [0.15, 0.2) is 12.1 Å². The van der Waals surface area contributed by atoms with E-state index in [2.05, 4.69) is 21.2 Å². The first-order valence-electron chi connectivity index (χ1n) is 4.36. The Morgan fingerprint density at radius 3 is 2.38 bits per heavy atom. The van der Waals surface area contributed by atoms with E-state index in [1.54, 1.807) is 0 Å². The van der Waals surface area contributed by atoms with Gasteiger partial charge in [-0.15, -0.1) is 0 Å². The summed E-state index contributed by atoms with van der Waals surface area (Å²) in [5, 5.41) is 2.09. The fraction of sp³-hybridized carbons (Fsp3) is 0.300. The van der Waals surface area contributed by atoms with Gasteiger partial charge in [-0.05, 0) is 13.8 Å². The smallest absolute Gasteiger partial charge is 0.240 e. The summed E-state index contributed by atoms with van der Waals surface area (Å²) in [7, 11) is 0. The Bertz CT molecular complexity index is 429. The number of carbonyl (C=O) groups excluding carboxylic acids is 1. The van der Waals surface area contributed by atoms with Crippen molar-refractivity contribution < 1.29 is 18.0 Å². The van der Waals surface area contributed by atoms with Crippen molar-refractivity contribution in [3.8, 4) is 0 Å². The van der Waals surface area contributed by atoms with Crippen LogP contribution < -0.4 is 5.32 Å². The Morgan fingerprint density at radius 2 is 1.88 bits per heavy atom. The highest BCUT2D eigenvalue weighted by Crippen LogP contribution is 2.23. The van der Waals surface area contributed by atoms with Crippen LogP contribution in [0.25, 0.3) is 0 Å². The second-order valence-electron chi connectivity index (χ2n) is 3.68. The number of halogens is 4. The molecule has 0 aliphatic carbocycles. The van der Waals surface area contributed by atoms with Crippen LogP contribution in [0.5, 0.6) is 0 Å². The molecule has 88 valence electrons. The first-order chi connectivity index (χ1) is 7.21. The molecule has 0 bridgehead atoms. The average Bonchev–Trinajstić information content (AvgIpc) is 2.11. The fourth-order valence-electron chi connectivity index (χ4n) is 0.918. The normalized spacial score (nSPS) is 11.4. The highest BCUT2D eigenvalue weighted by atomic mass is 79.9. The predicted octanol–water partition coefficient (Wildman–Crippen LogP) is 3.22. The number of hydrogen-bond donors (Lipinski definition) is 1. The summed E-state index contributed by atoms with van der Waals surface area (Å²) < 4.78 is 37.8. The Morgan fingerprint density at radius 1 is 1.31 bits per heavy atom. The molecule has 1 N–H and O–H groups in total. The number of anilines is 1. The number of alkyl halides is 1. The number of carbonyl (C=O) groups is 1. The molecule has 0 spiro atoms. The van der Waals surface area contributed by atoms with E-state index < -0.39 is 33.4 Å². The first-order valence-corrected chi connectivity index (χ1v) is 5.16. The van der Waals surface area contributed by atoms with Crippen LogP contribution >= 0.6 is 15.9 Å². The summed E-state index contributed by atoms with van der Waals surface area (Å²) in [5.74, 6) is -4.19. The molecule has 0 saturated carbocycles. The monoisotopic (exact) mass is 295 g/mol. The van der Waals surface area contributed by atoms with E-state index in [9.17, 15) is 18.0 Å². The number of amides is 1. The highest BCUT2D eigenvalue weighted by molar-refractivity contribution is 9.10. The van der Waals surface area contributed by atoms with Crippen LogP contribution in [0.1, 0.15) is 13.8 Å². The van der Waals surface area contributed by atoms with Crippen molar-refractivity contribution in [3.63, 3.8) is 0 Å². The number of benzene rings is 1. The van der Waals surface area contributed by atoms with Gasteiger partial charge in [-0.1, -0.05) is 15.9 Å². The molecule has 1 aromatic rings. The summed E-state index contributed by atoms with van der Waals surface area (Å²) in [6, 6.07) is 1.12. The third-order valence-corrected chi connectivity index (χ3v) is 2.14. The molecule has 1 amide bonds. The lowest BCUT2D eigenvalue weighted by molar-refractivity contribution is -0.117. The van der Waals surface area contributed by atoms with Crippen molar-refractivity contribution in [2.75, 3.05) is 5.32 Å². The van der Waals surface area contributed by atoms with Crippen LogP contribution in [0, 0.1) is 17.5 Å². The van der Waals surface area contributed by atoms with Crippen LogP contribution in [-0.4, -0.2) is 10.2 Å². The van der Waals surface area contributed by atoms with Crippen LogP contribution in [0.3, 0.4) is 0 Å². The Hall–Kier alpha value is -1.04. The Balaban J connectivity index is 3.03. The summed E-state index contributed by atoms with van der Waals surface area (Å²) in [4.78, 5) is 11.4. The second-order valence-corrected chi connectivity index (χ2v) is 5.66. The minimum atomic E-state index is -1.34. The van der Waals surface area contributed by atoms with E-state index in [-0.39, 0.29) is 0 Å². The molecule has 0 atom stereocenters. The minimum Gasteiger partial charge on any atom is -0.322 e. The summed E-state index contributed by atoms with van der Waals surface area (Å²) in [5.41, 5.74) is -0.518. The largest absolute Gasteiger partial charge is 0.322 e. The Labute approximate surface area is 99.0 Å². The fourth-order valence-corrected chi connectivity index (χ4v) is 1.02. The van der Waals surface area contributed by atoms with Gasteiger partial charge >= 0.3 is 0 Å². The molecule has 16 heavy (non-hydrogen) atoms. The molecule has 2 nitrogen and oxygen atoms in total. The van der Waals surface area contributed by atoms with Crippen molar-refractivity contribution in [2.45, 2.75) is 18.2 Å². The molecule has 6 heteroatoms. The lowest BCUT2D eigenvalue weighted by atomic mass is 10.2. The first kappa shape index (κ1) is 13.0. The standard InChI is InChI=1S/C10H9BrF3NO/c1-10(2,11)9(16)15-7-4-5(12)3-6(13)8(7)14/h3-4H,1-2H3,(H,15,16). The van der Waals surface area contributed by atoms with E-state index in [0.29, 0.717) is 6.07 Å². The molecular weight excluding hydrogens is 287 g/mol. The number of nitrogens with one attached hydrogen (secondary N) is 1. The molecule has 0 saturated heterocycles. The SMILES string of the molecule is CC(C)(Br)C(=O)Nc1cc(F)cc(F)c1F. The molecule has 0 heterocycles. The van der Waals surface area contributed by atoms with Gasteiger partial charge in [0.05, 0.1) is 10.0 Å². The van der Waals surface area contributed by atoms with Crippen molar-refractivity contribution >= 4 is 27.5 Å². The summed E-state index contributed by atoms with van der Waals surface area (Å²) >= 11 is 3.04. The third-order valence-electron chi connectivity index (χ3n) is 1.78. The second kappa shape index (κ2) is 4.45. The molecule has 1 rings (SSSR count). The Kier molecular flexibility index (Phi) is 3.62. The van der Waals surface area contributed by atoms with Crippen molar-refractivity contribution in [3.05, 3.63) is 29.6 Å². The molecule has 0 fully saturated rings. The highest BCUT2D eigenvalue weighted by Gasteiger charge is 2.25. The predicted molar refractivity (Wildman–Crippen MR) is 58.0 cm³/mol. The lowest BCUT2D eigenvalue weighted by Gasteiger charge is -2.16. The topological polar surface area (TPSA) is 29.1 Å². The molecule has 0 aliphatic heterocycles. The molecule has 0 aromatic heterocycles. The third kappa shape index (κ3) is 2.98. The van der Waals surface area contributed by atoms with Gasteiger partial charge in [0.15, 0.2) is 11.6 Å². The maximum atomic E-state index is 13.2. The average molecular weight is 296 g/mol. The molecule has 1 aromatic carbocycles. The number of rotatable bonds is 2. The molecular formula is C10H9BrF3NO. The maximum absolute atomic E-state index is 13.2. The summed E-state index contributed by atoms with van der Waals surface area (Å²) in [6.07, 6.45) is 0. The van der Waals surface area contributed by atoms with Crippen molar-refractivity contribution in [2.24, 2.45) is 0 Å². The van der Waals surface area contributed by atoms with Gasteiger partial charge in [0.1, 0.15) is 5.82 Å². The van der Waals surface area contributed by atoms with E-state index in [0.717, 1.165) is 6.07 Å². The van der Waals surface area contributed by atoms with E-state index in [1.165, 1.54) is 13.8 Å². The number of hydrogen-bond acceptors (Lipinski definition) is 1. The van der Waals surface area contributed by atoms with Crippen LogP contribution in [0.4, 0.5) is 18.9 Å². The van der Waals surface area contributed by atoms with Gasteiger partial charge in [-0.25, -0.2) is 13.2 Å². The van der Waals surface area contributed by atoms with Crippen molar-refractivity contribution in [1.82, 2.24) is 0 Å². The molecule has 0 unspecified atom stereocenters. The van der Waals surface area contributed by atoms with Crippen molar-refractivity contribution in [1.29, 1.82) is 0 Å². The van der Waals surface area contributed by atoms with Gasteiger partial charge in [0.2, 0.25) is 5.91 Å². The zero-order valence-corrected chi connectivity index (χ0v) is 10.2. The van der Waals surface area contributed by atoms with Crippen LogP contribution in [-0.2, 0) is 4.79 Å².